The molecule has 1 aliphatic heterocycles. The second-order valence-corrected chi connectivity index (χ2v) is 7.60. The zero-order valence-corrected chi connectivity index (χ0v) is 15.5. The van der Waals surface area contributed by atoms with E-state index in [1.54, 1.807) is 23.2 Å². The van der Waals surface area contributed by atoms with Gasteiger partial charge in [-0.2, -0.15) is 0 Å². The van der Waals surface area contributed by atoms with Crippen LogP contribution >= 0.6 is 0 Å². The molecule has 1 spiro atoms. The summed E-state index contributed by atoms with van der Waals surface area (Å²) in [5.41, 5.74) is 1.54. The lowest BCUT2D eigenvalue weighted by Gasteiger charge is -2.41. The zero-order valence-electron chi connectivity index (χ0n) is 15.5. The molecule has 1 fully saturated rings. The number of nitrogens with zero attached hydrogens (tertiary/aromatic N) is 4. The summed E-state index contributed by atoms with van der Waals surface area (Å²) in [7, 11) is 3.71. The number of pyridine rings is 1. The van der Waals surface area contributed by atoms with Gasteiger partial charge in [0.1, 0.15) is 11.4 Å². The number of anilines is 2. The molecule has 1 aliphatic carbocycles. The maximum atomic E-state index is 12.5. The number of carboxylic acids is 1. The molecule has 0 saturated carbocycles. The molecule has 0 bridgehead atoms. The number of hydrogen-bond acceptors (Lipinski definition) is 6. The Balaban J connectivity index is 1.76. The van der Waals surface area contributed by atoms with Crippen molar-refractivity contribution in [1.82, 2.24) is 15.0 Å². The van der Waals surface area contributed by atoms with Gasteiger partial charge in [-0.15, -0.1) is 0 Å². The Morgan fingerprint density at radius 1 is 1.37 bits per heavy atom. The van der Waals surface area contributed by atoms with Crippen LogP contribution in [0.5, 0.6) is 0 Å². The van der Waals surface area contributed by atoms with Crippen molar-refractivity contribution < 1.29 is 9.90 Å². The van der Waals surface area contributed by atoms with Gasteiger partial charge in [-0.05, 0) is 37.8 Å². The second-order valence-electron chi connectivity index (χ2n) is 7.60. The van der Waals surface area contributed by atoms with Crippen molar-refractivity contribution in [3.05, 3.63) is 45.5 Å². The average molecular weight is 369 g/mol. The zero-order chi connectivity index (χ0) is 19.2. The van der Waals surface area contributed by atoms with Crippen molar-refractivity contribution in [2.24, 2.45) is 0 Å². The highest BCUT2D eigenvalue weighted by Gasteiger charge is 2.45. The van der Waals surface area contributed by atoms with E-state index in [4.69, 9.17) is 4.98 Å². The quantitative estimate of drug-likeness (QED) is 0.843. The Morgan fingerprint density at radius 2 is 2.19 bits per heavy atom. The maximum Gasteiger partial charge on any atom is 0.339 e. The van der Waals surface area contributed by atoms with E-state index in [0.29, 0.717) is 24.7 Å². The molecule has 8 nitrogen and oxygen atoms in total. The topological polar surface area (TPSA) is 102 Å². The van der Waals surface area contributed by atoms with Crippen LogP contribution in [0.2, 0.25) is 0 Å². The van der Waals surface area contributed by atoms with Gasteiger partial charge in [0.05, 0.1) is 5.69 Å². The van der Waals surface area contributed by atoms with Gasteiger partial charge in [0.15, 0.2) is 0 Å². The van der Waals surface area contributed by atoms with E-state index >= 15 is 0 Å². The largest absolute Gasteiger partial charge is 0.478 e. The molecule has 2 N–H and O–H groups in total. The van der Waals surface area contributed by atoms with Crippen LogP contribution in [0.3, 0.4) is 0 Å². The number of carboxylic acid groups (broad SMARTS) is 1. The fourth-order valence-corrected chi connectivity index (χ4v) is 4.38. The molecule has 4 rings (SSSR count). The molecule has 3 heterocycles. The smallest absolute Gasteiger partial charge is 0.339 e. The number of rotatable bonds is 3. The molecule has 0 amide bonds. The van der Waals surface area contributed by atoms with Gasteiger partial charge >= 0.3 is 5.97 Å². The number of hydrogen-bond donors (Lipinski definition) is 2. The molecule has 2 aliphatic rings. The molecule has 8 heteroatoms. The minimum absolute atomic E-state index is 0.0678. The van der Waals surface area contributed by atoms with Crippen molar-refractivity contribution in [3.63, 3.8) is 0 Å². The van der Waals surface area contributed by atoms with E-state index in [9.17, 15) is 14.7 Å². The summed E-state index contributed by atoms with van der Waals surface area (Å²) in [6.45, 7) is 1.37. The number of aromatic nitrogens is 3. The van der Waals surface area contributed by atoms with Gasteiger partial charge in [0.2, 0.25) is 5.95 Å². The van der Waals surface area contributed by atoms with Gasteiger partial charge in [0, 0.05) is 44.4 Å². The third kappa shape index (κ3) is 2.85. The van der Waals surface area contributed by atoms with E-state index in [2.05, 4.69) is 9.97 Å². The number of aromatic carboxylic acids is 1. The number of H-pyrrole nitrogens is 1. The van der Waals surface area contributed by atoms with Crippen LogP contribution in [-0.2, 0) is 11.8 Å². The van der Waals surface area contributed by atoms with Gasteiger partial charge in [0.25, 0.3) is 5.56 Å². The molecule has 1 saturated heterocycles. The molecular weight excluding hydrogens is 346 g/mol. The molecule has 2 aromatic rings. The van der Waals surface area contributed by atoms with Crippen LogP contribution in [0.25, 0.3) is 0 Å². The highest BCUT2D eigenvalue weighted by atomic mass is 16.4. The Labute approximate surface area is 156 Å². The SMILES string of the molecule is CN(C)c1nc2c(c(=O)[nH]1)CCC21CCCN(c2ncccc2C(=O)O)C1. The van der Waals surface area contributed by atoms with Crippen LogP contribution in [0.15, 0.2) is 23.1 Å². The standard InChI is InChI=1S/C19H23N5O3/c1-23(2)18-21-14-12(16(25)22-18)6-8-19(14)7-4-10-24(11-19)15-13(17(26)27)5-3-9-20-15/h3,5,9H,4,6-8,10-11H2,1-2H3,(H,26,27)(H,21,22,25). The number of fused-ring (bicyclic) bond motifs is 2. The summed E-state index contributed by atoms with van der Waals surface area (Å²) in [5.74, 6) is 0.0745. The summed E-state index contributed by atoms with van der Waals surface area (Å²) in [6.07, 6.45) is 5.02. The van der Waals surface area contributed by atoms with Crippen molar-refractivity contribution >= 4 is 17.7 Å². The number of nitrogens with one attached hydrogen (secondary N) is 1. The third-order valence-electron chi connectivity index (χ3n) is 5.68. The molecule has 1 unspecified atom stereocenters. The average Bonchev–Trinajstić information content (AvgIpc) is 3.00. The summed E-state index contributed by atoms with van der Waals surface area (Å²) in [4.78, 5) is 40.0. The van der Waals surface area contributed by atoms with Crippen molar-refractivity contribution in [3.8, 4) is 0 Å². The van der Waals surface area contributed by atoms with Crippen molar-refractivity contribution in [2.75, 3.05) is 37.0 Å². The van der Waals surface area contributed by atoms with Crippen molar-refractivity contribution in [2.45, 2.75) is 31.1 Å². The summed E-state index contributed by atoms with van der Waals surface area (Å²) < 4.78 is 0. The number of piperidine rings is 1. The molecule has 142 valence electrons. The van der Waals surface area contributed by atoms with Gasteiger partial charge in [-0.3, -0.25) is 9.78 Å². The van der Waals surface area contributed by atoms with Crippen LogP contribution in [0.4, 0.5) is 11.8 Å². The Morgan fingerprint density at radius 3 is 2.93 bits per heavy atom. The summed E-state index contributed by atoms with van der Waals surface area (Å²) in [6, 6.07) is 3.23. The Bertz CT molecular complexity index is 955. The van der Waals surface area contributed by atoms with E-state index < -0.39 is 5.97 Å². The minimum Gasteiger partial charge on any atom is -0.478 e. The van der Waals surface area contributed by atoms with Crippen LogP contribution < -0.4 is 15.4 Å². The normalized spacial score (nSPS) is 21.3. The first-order valence-corrected chi connectivity index (χ1v) is 9.15. The van der Waals surface area contributed by atoms with Gasteiger partial charge in [-0.1, -0.05) is 0 Å². The lowest BCUT2D eigenvalue weighted by atomic mass is 9.77. The van der Waals surface area contributed by atoms with Crippen molar-refractivity contribution in [1.29, 1.82) is 0 Å². The van der Waals surface area contributed by atoms with Gasteiger partial charge in [-0.25, -0.2) is 14.8 Å². The molecule has 2 aromatic heterocycles. The highest BCUT2D eigenvalue weighted by Crippen LogP contribution is 2.44. The number of aromatic amines is 1. The lowest BCUT2D eigenvalue weighted by Crippen LogP contribution is -2.46. The maximum absolute atomic E-state index is 12.5. The second kappa shape index (κ2) is 6.37. The first-order valence-electron chi connectivity index (χ1n) is 9.15. The minimum atomic E-state index is -0.978. The Hall–Kier alpha value is -2.90. The molecule has 0 aromatic carbocycles. The van der Waals surface area contributed by atoms with E-state index in [1.807, 2.05) is 19.0 Å². The first kappa shape index (κ1) is 17.5. The lowest BCUT2D eigenvalue weighted by molar-refractivity contribution is 0.0697. The number of carbonyl (C=O) groups is 1. The van der Waals surface area contributed by atoms with Crippen LogP contribution in [0, 0.1) is 0 Å². The third-order valence-corrected chi connectivity index (χ3v) is 5.68. The Kier molecular flexibility index (Phi) is 4.13. The summed E-state index contributed by atoms with van der Waals surface area (Å²) >= 11 is 0. The van der Waals surface area contributed by atoms with Crippen LogP contribution in [-0.4, -0.2) is 53.2 Å². The summed E-state index contributed by atoms with van der Waals surface area (Å²) in [5, 5.41) is 9.51. The van der Waals surface area contributed by atoms with Crippen LogP contribution in [0.1, 0.15) is 40.9 Å². The molecule has 1 atom stereocenters. The monoisotopic (exact) mass is 369 g/mol. The molecular formula is C19H23N5O3. The predicted molar refractivity (Wildman–Crippen MR) is 102 cm³/mol. The molecule has 27 heavy (non-hydrogen) atoms. The highest BCUT2D eigenvalue weighted by molar-refractivity contribution is 5.93. The predicted octanol–water partition coefficient (Wildman–Crippen LogP) is 1.41. The molecule has 0 radical (unpaired) electrons. The fraction of sp³-hybridized carbons (Fsp3) is 0.474. The fourth-order valence-electron chi connectivity index (χ4n) is 4.38. The first-order chi connectivity index (χ1) is 12.9. The van der Waals surface area contributed by atoms with E-state index in [-0.39, 0.29) is 16.5 Å². The van der Waals surface area contributed by atoms with Gasteiger partial charge < -0.3 is 14.9 Å². The van der Waals surface area contributed by atoms with E-state index in [0.717, 1.165) is 37.1 Å². The van der Waals surface area contributed by atoms with E-state index in [1.165, 1.54) is 0 Å².